The van der Waals surface area contributed by atoms with E-state index in [0.29, 0.717) is 19.8 Å². The third kappa shape index (κ3) is 6.36. The molecule has 0 saturated heterocycles. The molecule has 2 N–H and O–H groups in total. The van der Waals surface area contributed by atoms with Gasteiger partial charge in [0.15, 0.2) is 11.5 Å². The molecule has 0 heterocycles. The first-order valence-corrected chi connectivity index (χ1v) is 7.79. The fourth-order valence-corrected chi connectivity index (χ4v) is 2.15. The van der Waals surface area contributed by atoms with Gasteiger partial charge in [-0.1, -0.05) is 32.9 Å². The first-order valence-electron chi connectivity index (χ1n) is 7.79. The number of hydrogen-bond acceptors (Lipinski definition) is 4. The number of rotatable bonds is 10. The van der Waals surface area contributed by atoms with Crippen molar-refractivity contribution < 1.29 is 9.47 Å². The molecule has 120 valence electrons. The Hall–Kier alpha value is -1.26. The van der Waals surface area contributed by atoms with E-state index < -0.39 is 0 Å². The molecule has 0 spiro atoms. The number of likely N-dealkylation sites (N-methyl/N-ethyl adjacent to an activating group) is 1. The van der Waals surface area contributed by atoms with E-state index in [1.165, 1.54) is 0 Å². The molecule has 21 heavy (non-hydrogen) atoms. The maximum absolute atomic E-state index is 5.87. The maximum atomic E-state index is 5.87. The molecule has 0 unspecified atom stereocenters. The summed E-state index contributed by atoms with van der Waals surface area (Å²) >= 11 is 0. The summed E-state index contributed by atoms with van der Waals surface area (Å²) in [6, 6.07) is 7.81. The lowest BCUT2D eigenvalue weighted by Gasteiger charge is -2.30. The third-order valence-corrected chi connectivity index (χ3v) is 3.47. The highest BCUT2D eigenvalue weighted by Gasteiger charge is 2.19. The van der Waals surface area contributed by atoms with Crippen molar-refractivity contribution in [2.75, 3.05) is 39.4 Å². The van der Waals surface area contributed by atoms with E-state index in [1.54, 1.807) is 0 Å². The van der Waals surface area contributed by atoms with Crippen LogP contribution in [0.1, 0.15) is 27.7 Å². The van der Waals surface area contributed by atoms with Crippen molar-refractivity contribution in [3.8, 4) is 11.5 Å². The van der Waals surface area contributed by atoms with Gasteiger partial charge < -0.3 is 15.2 Å². The van der Waals surface area contributed by atoms with E-state index in [-0.39, 0.29) is 5.41 Å². The summed E-state index contributed by atoms with van der Waals surface area (Å²) in [5.74, 6) is 1.62. The first kappa shape index (κ1) is 17.8. The standard InChI is InChI=1S/C17H30N2O2/c1-5-19(14-17(3,4)13-18)11-12-21-16-10-8-7-9-15(16)20-6-2/h7-10H,5-6,11-14,18H2,1-4H3. The van der Waals surface area contributed by atoms with Gasteiger partial charge >= 0.3 is 0 Å². The van der Waals surface area contributed by atoms with Crippen LogP contribution in [0.4, 0.5) is 0 Å². The molecule has 1 aromatic carbocycles. The van der Waals surface area contributed by atoms with Gasteiger partial charge in [-0.2, -0.15) is 0 Å². The second kappa shape index (κ2) is 8.90. The minimum absolute atomic E-state index is 0.138. The van der Waals surface area contributed by atoms with E-state index in [2.05, 4.69) is 25.7 Å². The zero-order valence-corrected chi connectivity index (χ0v) is 13.9. The predicted molar refractivity (Wildman–Crippen MR) is 88.1 cm³/mol. The normalized spacial score (nSPS) is 11.7. The molecule has 0 aliphatic rings. The quantitative estimate of drug-likeness (QED) is 0.721. The Labute approximate surface area is 129 Å². The van der Waals surface area contributed by atoms with Gasteiger partial charge in [0.05, 0.1) is 6.61 Å². The number of nitrogens with zero attached hydrogens (tertiary/aromatic N) is 1. The van der Waals surface area contributed by atoms with E-state index in [9.17, 15) is 0 Å². The van der Waals surface area contributed by atoms with Crippen molar-refractivity contribution in [3.05, 3.63) is 24.3 Å². The Morgan fingerprint density at radius 1 is 1.10 bits per heavy atom. The van der Waals surface area contributed by atoms with Gasteiger partial charge in [0.25, 0.3) is 0 Å². The molecule has 0 radical (unpaired) electrons. The number of benzene rings is 1. The summed E-state index contributed by atoms with van der Waals surface area (Å²) < 4.78 is 11.4. The van der Waals surface area contributed by atoms with Crippen LogP contribution in [0.25, 0.3) is 0 Å². The lowest BCUT2D eigenvalue weighted by atomic mass is 9.93. The SMILES string of the molecule is CCOc1ccccc1OCCN(CC)CC(C)(C)CN. The second-order valence-corrected chi connectivity index (χ2v) is 5.97. The monoisotopic (exact) mass is 294 g/mol. The summed E-state index contributed by atoms with van der Waals surface area (Å²) in [5, 5.41) is 0. The smallest absolute Gasteiger partial charge is 0.161 e. The number of ether oxygens (including phenoxy) is 2. The Morgan fingerprint density at radius 2 is 1.71 bits per heavy atom. The molecule has 1 rings (SSSR count). The van der Waals surface area contributed by atoms with E-state index in [0.717, 1.165) is 31.1 Å². The van der Waals surface area contributed by atoms with Crippen molar-refractivity contribution in [2.45, 2.75) is 27.7 Å². The molecule has 4 heteroatoms. The first-order chi connectivity index (χ1) is 10.0. The van der Waals surface area contributed by atoms with E-state index >= 15 is 0 Å². The second-order valence-electron chi connectivity index (χ2n) is 5.97. The van der Waals surface area contributed by atoms with Crippen LogP contribution in [-0.4, -0.2) is 44.3 Å². The van der Waals surface area contributed by atoms with Crippen LogP contribution in [0.3, 0.4) is 0 Å². The van der Waals surface area contributed by atoms with Crippen LogP contribution < -0.4 is 15.2 Å². The highest BCUT2D eigenvalue weighted by molar-refractivity contribution is 5.39. The summed E-state index contributed by atoms with van der Waals surface area (Å²) in [6.07, 6.45) is 0. The fourth-order valence-electron chi connectivity index (χ4n) is 2.15. The Bertz CT molecular complexity index is 408. The lowest BCUT2D eigenvalue weighted by molar-refractivity contribution is 0.158. The zero-order valence-electron chi connectivity index (χ0n) is 13.9. The summed E-state index contributed by atoms with van der Waals surface area (Å²) in [4.78, 5) is 2.37. The molecule has 0 aliphatic heterocycles. The fraction of sp³-hybridized carbons (Fsp3) is 0.647. The van der Waals surface area contributed by atoms with E-state index in [4.69, 9.17) is 15.2 Å². The van der Waals surface area contributed by atoms with E-state index in [1.807, 2.05) is 31.2 Å². The van der Waals surface area contributed by atoms with Crippen LogP contribution >= 0.6 is 0 Å². The van der Waals surface area contributed by atoms with Gasteiger partial charge in [-0.25, -0.2) is 0 Å². The van der Waals surface area contributed by atoms with Crippen LogP contribution in [0.15, 0.2) is 24.3 Å². The predicted octanol–water partition coefficient (Wildman–Crippen LogP) is 2.77. The topological polar surface area (TPSA) is 47.7 Å². The molecule has 0 saturated carbocycles. The average Bonchev–Trinajstić information content (AvgIpc) is 2.48. The third-order valence-electron chi connectivity index (χ3n) is 3.47. The maximum Gasteiger partial charge on any atom is 0.161 e. The minimum atomic E-state index is 0.138. The molecule has 0 bridgehead atoms. The molecular weight excluding hydrogens is 264 g/mol. The average molecular weight is 294 g/mol. The Morgan fingerprint density at radius 3 is 2.24 bits per heavy atom. The lowest BCUT2D eigenvalue weighted by Crippen LogP contribution is -2.40. The number of hydrogen-bond donors (Lipinski definition) is 1. The highest BCUT2D eigenvalue weighted by Crippen LogP contribution is 2.26. The largest absolute Gasteiger partial charge is 0.490 e. The van der Waals surface area contributed by atoms with Crippen LogP contribution in [0.2, 0.25) is 0 Å². The molecule has 0 aromatic heterocycles. The number of nitrogens with two attached hydrogens (primary N) is 1. The van der Waals surface area contributed by atoms with Gasteiger partial charge in [0, 0.05) is 13.1 Å². The molecule has 0 fully saturated rings. The molecular formula is C17H30N2O2. The van der Waals surface area contributed by atoms with Crippen molar-refractivity contribution in [3.63, 3.8) is 0 Å². The van der Waals surface area contributed by atoms with Crippen molar-refractivity contribution >= 4 is 0 Å². The van der Waals surface area contributed by atoms with Gasteiger partial charge in [-0.15, -0.1) is 0 Å². The van der Waals surface area contributed by atoms with Gasteiger partial charge in [-0.05, 0) is 37.6 Å². The molecule has 1 aromatic rings. The highest BCUT2D eigenvalue weighted by atomic mass is 16.5. The molecule has 0 aliphatic carbocycles. The van der Waals surface area contributed by atoms with Gasteiger partial charge in [-0.3, -0.25) is 4.90 Å². The molecule has 4 nitrogen and oxygen atoms in total. The number of para-hydroxylation sites is 2. The molecule has 0 amide bonds. The summed E-state index contributed by atoms with van der Waals surface area (Å²) in [6.45, 7) is 13.4. The molecule has 0 atom stereocenters. The van der Waals surface area contributed by atoms with Crippen LogP contribution in [0, 0.1) is 5.41 Å². The van der Waals surface area contributed by atoms with Gasteiger partial charge in [0.2, 0.25) is 0 Å². The van der Waals surface area contributed by atoms with Crippen LogP contribution in [0.5, 0.6) is 11.5 Å². The Balaban J connectivity index is 2.48. The van der Waals surface area contributed by atoms with Crippen molar-refractivity contribution in [1.82, 2.24) is 4.90 Å². The van der Waals surface area contributed by atoms with Crippen LogP contribution in [-0.2, 0) is 0 Å². The van der Waals surface area contributed by atoms with Gasteiger partial charge in [0.1, 0.15) is 6.61 Å². The van der Waals surface area contributed by atoms with Crippen molar-refractivity contribution in [2.24, 2.45) is 11.1 Å². The summed E-state index contributed by atoms with van der Waals surface area (Å²) in [5.41, 5.74) is 5.95. The Kier molecular flexibility index (Phi) is 7.54. The summed E-state index contributed by atoms with van der Waals surface area (Å²) in [7, 11) is 0. The zero-order chi connectivity index (χ0) is 15.7. The van der Waals surface area contributed by atoms with Crippen molar-refractivity contribution in [1.29, 1.82) is 0 Å². The minimum Gasteiger partial charge on any atom is -0.490 e.